The highest BCUT2D eigenvalue weighted by Crippen LogP contribution is 2.18. The minimum Gasteiger partial charge on any atom is -0.358 e. The van der Waals surface area contributed by atoms with Gasteiger partial charge in [0.15, 0.2) is 5.11 Å². The van der Waals surface area contributed by atoms with Gasteiger partial charge >= 0.3 is 0 Å². The molecule has 2 aromatic carbocycles. The van der Waals surface area contributed by atoms with Gasteiger partial charge in [-0.1, -0.05) is 41.9 Å². The van der Waals surface area contributed by atoms with Gasteiger partial charge in [0.05, 0.1) is 5.69 Å². The summed E-state index contributed by atoms with van der Waals surface area (Å²) in [5.74, 6) is -0.434. The molecular weight excluding hydrogens is 283 g/mol. The quantitative estimate of drug-likeness (QED) is 0.838. The largest absolute Gasteiger partial charge is 0.358 e. The summed E-state index contributed by atoms with van der Waals surface area (Å²) in [6.07, 6.45) is 0. The molecule has 2 nitrogen and oxygen atoms in total. The number of hydrogen-bond donors (Lipinski definition) is 2. The second-order valence-electron chi connectivity index (χ2n) is 3.92. The summed E-state index contributed by atoms with van der Waals surface area (Å²) in [7, 11) is 0. The van der Waals surface area contributed by atoms with Crippen LogP contribution in [0, 0.1) is 5.82 Å². The van der Waals surface area contributed by atoms with Gasteiger partial charge in [-0.2, -0.15) is 0 Å². The van der Waals surface area contributed by atoms with E-state index in [1.165, 1.54) is 6.07 Å². The van der Waals surface area contributed by atoms with E-state index in [4.69, 9.17) is 23.8 Å². The van der Waals surface area contributed by atoms with E-state index in [1.54, 1.807) is 12.1 Å². The fourth-order valence-electron chi connectivity index (χ4n) is 1.54. The molecule has 0 saturated carbocycles. The summed E-state index contributed by atoms with van der Waals surface area (Å²) in [6, 6.07) is 14.2. The van der Waals surface area contributed by atoms with Gasteiger partial charge in [-0.25, -0.2) is 4.39 Å². The fourth-order valence-corrected chi connectivity index (χ4v) is 1.88. The van der Waals surface area contributed by atoms with Crippen LogP contribution in [0.1, 0.15) is 5.56 Å². The third kappa shape index (κ3) is 4.19. The summed E-state index contributed by atoms with van der Waals surface area (Å²) >= 11 is 10.8. The van der Waals surface area contributed by atoms with Crippen LogP contribution < -0.4 is 10.6 Å². The lowest BCUT2D eigenvalue weighted by molar-refractivity contribution is 0.632. The standard InChI is InChI=1S/C14H12ClFN2S/c15-11-6-7-13(12(16)8-11)18-14(19)17-9-10-4-2-1-3-5-10/h1-8H,9H2,(H2,17,18,19). The maximum Gasteiger partial charge on any atom is 0.171 e. The van der Waals surface area contributed by atoms with Crippen LogP contribution in [0.2, 0.25) is 5.02 Å². The molecule has 2 aromatic rings. The molecule has 0 heterocycles. The third-order valence-electron chi connectivity index (χ3n) is 2.48. The van der Waals surface area contributed by atoms with Crippen molar-refractivity contribution in [1.82, 2.24) is 5.32 Å². The van der Waals surface area contributed by atoms with Gasteiger partial charge in [0.1, 0.15) is 5.82 Å². The molecule has 0 aliphatic rings. The van der Waals surface area contributed by atoms with Crippen LogP contribution in [-0.2, 0) is 6.54 Å². The van der Waals surface area contributed by atoms with Crippen LogP contribution in [0.5, 0.6) is 0 Å². The molecule has 0 spiro atoms. The van der Waals surface area contributed by atoms with Gasteiger partial charge in [-0.3, -0.25) is 0 Å². The van der Waals surface area contributed by atoms with Crippen molar-refractivity contribution >= 4 is 34.6 Å². The number of benzene rings is 2. The van der Waals surface area contributed by atoms with Crippen LogP contribution in [-0.4, -0.2) is 5.11 Å². The van der Waals surface area contributed by atoms with E-state index in [9.17, 15) is 4.39 Å². The molecule has 0 radical (unpaired) electrons. The van der Waals surface area contributed by atoms with Gasteiger partial charge in [-0.05, 0) is 36.0 Å². The lowest BCUT2D eigenvalue weighted by Gasteiger charge is -2.11. The zero-order valence-corrected chi connectivity index (χ0v) is 11.6. The molecular formula is C14H12ClFN2S. The van der Waals surface area contributed by atoms with Gasteiger partial charge in [0, 0.05) is 11.6 Å². The molecule has 0 amide bonds. The smallest absolute Gasteiger partial charge is 0.171 e. The first-order valence-corrected chi connectivity index (χ1v) is 6.47. The van der Waals surface area contributed by atoms with E-state index in [1.807, 2.05) is 30.3 Å². The molecule has 5 heteroatoms. The molecule has 0 unspecified atom stereocenters. The number of anilines is 1. The highest BCUT2D eigenvalue weighted by Gasteiger charge is 2.04. The van der Waals surface area contributed by atoms with Gasteiger partial charge < -0.3 is 10.6 Å². The van der Waals surface area contributed by atoms with Crippen LogP contribution in [0.4, 0.5) is 10.1 Å². The Morgan fingerprint density at radius 3 is 2.58 bits per heavy atom. The van der Waals surface area contributed by atoms with Crippen LogP contribution in [0.25, 0.3) is 0 Å². The van der Waals surface area contributed by atoms with Crippen molar-refractivity contribution < 1.29 is 4.39 Å². The summed E-state index contributed by atoms with van der Waals surface area (Å²) < 4.78 is 13.5. The Balaban J connectivity index is 1.91. The van der Waals surface area contributed by atoms with E-state index in [0.29, 0.717) is 22.4 Å². The van der Waals surface area contributed by atoms with E-state index in [0.717, 1.165) is 5.56 Å². The van der Waals surface area contributed by atoms with Crippen LogP contribution >= 0.6 is 23.8 Å². The zero-order valence-electron chi connectivity index (χ0n) is 9.99. The van der Waals surface area contributed by atoms with Crippen molar-refractivity contribution in [2.75, 3.05) is 5.32 Å². The summed E-state index contributed by atoms with van der Waals surface area (Å²) in [4.78, 5) is 0. The number of rotatable bonds is 3. The minimum absolute atomic E-state index is 0.301. The second-order valence-corrected chi connectivity index (χ2v) is 4.76. The number of nitrogens with one attached hydrogen (secondary N) is 2. The Hall–Kier alpha value is -1.65. The SMILES string of the molecule is Fc1cc(Cl)ccc1NC(=S)NCc1ccccc1. The molecule has 0 fully saturated rings. The fraction of sp³-hybridized carbons (Fsp3) is 0.0714. The second kappa shape index (κ2) is 6.50. The first kappa shape index (κ1) is 13.8. The average Bonchev–Trinajstić information content (AvgIpc) is 2.41. The average molecular weight is 295 g/mol. The molecule has 19 heavy (non-hydrogen) atoms. The first-order chi connectivity index (χ1) is 9.15. The first-order valence-electron chi connectivity index (χ1n) is 5.69. The van der Waals surface area contributed by atoms with Gasteiger partial charge in [0.25, 0.3) is 0 Å². The van der Waals surface area contributed by atoms with Crippen molar-refractivity contribution in [2.24, 2.45) is 0 Å². The maximum atomic E-state index is 13.5. The molecule has 0 aliphatic heterocycles. The Bertz CT molecular complexity index is 575. The lowest BCUT2D eigenvalue weighted by atomic mass is 10.2. The molecule has 98 valence electrons. The monoisotopic (exact) mass is 294 g/mol. The van der Waals surface area contributed by atoms with Crippen LogP contribution in [0.3, 0.4) is 0 Å². The Labute approximate surface area is 121 Å². The Kier molecular flexibility index (Phi) is 4.71. The minimum atomic E-state index is -0.434. The number of halogens is 2. The summed E-state index contributed by atoms with van der Waals surface area (Å²) in [5.41, 5.74) is 1.40. The van der Waals surface area contributed by atoms with E-state index in [-0.39, 0.29) is 0 Å². The van der Waals surface area contributed by atoms with E-state index >= 15 is 0 Å². The Morgan fingerprint density at radius 2 is 1.89 bits per heavy atom. The summed E-state index contributed by atoms with van der Waals surface area (Å²) in [5, 5.41) is 6.52. The van der Waals surface area contributed by atoms with E-state index in [2.05, 4.69) is 10.6 Å². The molecule has 0 aromatic heterocycles. The molecule has 0 aliphatic carbocycles. The summed E-state index contributed by atoms with van der Waals surface area (Å²) in [6.45, 7) is 0.585. The highest BCUT2D eigenvalue weighted by atomic mass is 35.5. The molecule has 0 atom stereocenters. The molecule has 2 N–H and O–H groups in total. The molecule has 2 rings (SSSR count). The predicted octanol–water partition coefficient (Wildman–Crippen LogP) is 3.97. The zero-order chi connectivity index (χ0) is 13.7. The van der Waals surface area contributed by atoms with Crippen LogP contribution in [0.15, 0.2) is 48.5 Å². The predicted molar refractivity (Wildman–Crippen MR) is 80.9 cm³/mol. The maximum absolute atomic E-state index is 13.5. The van der Waals surface area contributed by atoms with Gasteiger partial charge in [-0.15, -0.1) is 0 Å². The Morgan fingerprint density at radius 1 is 1.16 bits per heavy atom. The van der Waals surface area contributed by atoms with Crippen molar-refractivity contribution in [1.29, 1.82) is 0 Å². The van der Waals surface area contributed by atoms with Crippen molar-refractivity contribution in [3.63, 3.8) is 0 Å². The normalized spacial score (nSPS) is 10.0. The highest BCUT2D eigenvalue weighted by molar-refractivity contribution is 7.80. The van der Waals surface area contributed by atoms with Crippen molar-refractivity contribution in [3.05, 3.63) is 64.9 Å². The molecule has 0 bridgehead atoms. The van der Waals surface area contributed by atoms with Crippen molar-refractivity contribution in [3.8, 4) is 0 Å². The number of hydrogen-bond acceptors (Lipinski definition) is 1. The van der Waals surface area contributed by atoms with E-state index < -0.39 is 5.82 Å². The molecule has 0 saturated heterocycles. The van der Waals surface area contributed by atoms with Gasteiger partial charge in [0.2, 0.25) is 0 Å². The van der Waals surface area contributed by atoms with Crippen molar-refractivity contribution in [2.45, 2.75) is 6.54 Å². The topological polar surface area (TPSA) is 24.1 Å². The third-order valence-corrected chi connectivity index (χ3v) is 2.96. The lowest BCUT2D eigenvalue weighted by Crippen LogP contribution is -2.28. The number of thiocarbonyl (C=S) groups is 1.